The van der Waals surface area contributed by atoms with Crippen LogP contribution >= 0.6 is 0 Å². The Morgan fingerprint density at radius 2 is 1.80 bits per heavy atom. The SMILES string of the molecule is O=C(NCc1ccnc(-c2cccnc2)c1)c1ccc(S(=O)(=O)N2CCCC2)cc1. The minimum Gasteiger partial charge on any atom is -0.348 e. The molecule has 7 nitrogen and oxygen atoms in total. The molecule has 0 spiro atoms. The van der Waals surface area contributed by atoms with Crippen LogP contribution < -0.4 is 5.32 Å². The van der Waals surface area contributed by atoms with Gasteiger partial charge in [-0.1, -0.05) is 0 Å². The third kappa shape index (κ3) is 4.39. The lowest BCUT2D eigenvalue weighted by Gasteiger charge is -2.15. The summed E-state index contributed by atoms with van der Waals surface area (Å²) in [6.45, 7) is 1.44. The first-order valence-corrected chi connectivity index (χ1v) is 11.2. The molecule has 1 N–H and O–H groups in total. The van der Waals surface area contributed by atoms with Crippen LogP contribution in [-0.2, 0) is 16.6 Å². The summed E-state index contributed by atoms with van der Waals surface area (Å²) in [5.74, 6) is -0.264. The summed E-state index contributed by atoms with van der Waals surface area (Å²) in [4.78, 5) is 21.2. The fourth-order valence-corrected chi connectivity index (χ4v) is 4.91. The molecule has 1 aromatic carbocycles. The van der Waals surface area contributed by atoms with Gasteiger partial charge in [0.15, 0.2) is 0 Å². The summed E-state index contributed by atoms with van der Waals surface area (Å²) in [5, 5.41) is 2.87. The molecule has 0 atom stereocenters. The number of amides is 1. The minimum atomic E-state index is -3.48. The molecule has 1 saturated heterocycles. The number of aromatic nitrogens is 2. The van der Waals surface area contributed by atoms with Crippen molar-refractivity contribution < 1.29 is 13.2 Å². The highest BCUT2D eigenvalue weighted by Gasteiger charge is 2.27. The lowest BCUT2D eigenvalue weighted by molar-refractivity contribution is 0.0951. The van der Waals surface area contributed by atoms with Crippen molar-refractivity contribution in [2.45, 2.75) is 24.3 Å². The van der Waals surface area contributed by atoms with E-state index in [9.17, 15) is 13.2 Å². The molecular weight excluding hydrogens is 400 g/mol. The number of nitrogens with one attached hydrogen (secondary N) is 1. The summed E-state index contributed by atoms with van der Waals surface area (Å²) >= 11 is 0. The first-order valence-electron chi connectivity index (χ1n) is 9.78. The molecule has 3 aromatic rings. The van der Waals surface area contributed by atoms with Crippen molar-refractivity contribution in [1.82, 2.24) is 19.6 Å². The van der Waals surface area contributed by atoms with Crippen LogP contribution in [0.2, 0.25) is 0 Å². The third-order valence-corrected chi connectivity index (χ3v) is 6.97. The number of sulfonamides is 1. The molecule has 0 aliphatic carbocycles. The second kappa shape index (κ2) is 8.73. The zero-order valence-electron chi connectivity index (χ0n) is 16.4. The average Bonchev–Trinajstić information content (AvgIpc) is 3.34. The Morgan fingerprint density at radius 1 is 1.03 bits per heavy atom. The quantitative estimate of drug-likeness (QED) is 0.659. The Labute approximate surface area is 175 Å². The predicted molar refractivity (Wildman–Crippen MR) is 113 cm³/mol. The van der Waals surface area contributed by atoms with Gasteiger partial charge < -0.3 is 5.32 Å². The van der Waals surface area contributed by atoms with Crippen LogP contribution in [0.1, 0.15) is 28.8 Å². The van der Waals surface area contributed by atoms with E-state index in [-0.39, 0.29) is 10.8 Å². The van der Waals surface area contributed by atoms with Crippen LogP contribution in [0.3, 0.4) is 0 Å². The highest BCUT2D eigenvalue weighted by atomic mass is 32.2. The van der Waals surface area contributed by atoms with Crippen molar-refractivity contribution in [3.63, 3.8) is 0 Å². The molecule has 0 bridgehead atoms. The summed E-state index contributed by atoms with van der Waals surface area (Å²) in [7, 11) is -3.48. The lowest BCUT2D eigenvalue weighted by Crippen LogP contribution is -2.28. The van der Waals surface area contributed by atoms with Crippen LogP contribution in [0.25, 0.3) is 11.3 Å². The van der Waals surface area contributed by atoms with Crippen LogP contribution in [0.4, 0.5) is 0 Å². The molecular formula is C22H22N4O3S. The number of carbonyl (C=O) groups excluding carboxylic acids is 1. The van der Waals surface area contributed by atoms with Gasteiger partial charge in [0.05, 0.1) is 10.6 Å². The van der Waals surface area contributed by atoms with Crippen LogP contribution in [0.5, 0.6) is 0 Å². The second-order valence-corrected chi connectivity index (χ2v) is 9.05. The second-order valence-electron chi connectivity index (χ2n) is 7.11. The molecule has 0 saturated carbocycles. The fraction of sp³-hybridized carbons (Fsp3) is 0.227. The van der Waals surface area contributed by atoms with Crippen LogP contribution in [-0.4, -0.2) is 41.7 Å². The number of hydrogen-bond acceptors (Lipinski definition) is 5. The molecule has 3 heterocycles. The molecule has 1 aliphatic heterocycles. The molecule has 154 valence electrons. The minimum absolute atomic E-state index is 0.219. The average molecular weight is 423 g/mol. The molecule has 4 rings (SSSR count). The van der Waals surface area contributed by atoms with E-state index in [1.165, 1.54) is 16.4 Å². The van der Waals surface area contributed by atoms with Gasteiger partial charge in [0.2, 0.25) is 10.0 Å². The molecule has 1 amide bonds. The highest BCUT2D eigenvalue weighted by molar-refractivity contribution is 7.89. The van der Waals surface area contributed by atoms with Crippen molar-refractivity contribution in [3.8, 4) is 11.3 Å². The Kier molecular flexibility index (Phi) is 5.87. The van der Waals surface area contributed by atoms with E-state index in [4.69, 9.17) is 0 Å². The first-order chi connectivity index (χ1) is 14.5. The molecule has 2 aromatic heterocycles. The fourth-order valence-electron chi connectivity index (χ4n) is 3.40. The normalized spacial score (nSPS) is 14.5. The molecule has 30 heavy (non-hydrogen) atoms. The summed E-state index contributed by atoms with van der Waals surface area (Å²) < 4.78 is 26.7. The zero-order chi connectivity index (χ0) is 21.0. The molecule has 0 radical (unpaired) electrons. The Balaban J connectivity index is 1.41. The van der Waals surface area contributed by atoms with Gasteiger partial charge in [0.25, 0.3) is 5.91 Å². The van der Waals surface area contributed by atoms with Gasteiger partial charge in [0.1, 0.15) is 0 Å². The van der Waals surface area contributed by atoms with Gasteiger partial charge in [-0.05, 0) is 66.9 Å². The summed E-state index contributed by atoms with van der Waals surface area (Å²) in [6, 6.07) is 13.6. The van der Waals surface area contributed by atoms with Gasteiger partial charge in [-0.25, -0.2) is 8.42 Å². The van der Waals surface area contributed by atoms with E-state index >= 15 is 0 Å². The van der Waals surface area contributed by atoms with Crippen molar-refractivity contribution >= 4 is 15.9 Å². The Morgan fingerprint density at radius 3 is 2.50 bits per heavy atom. The van der Waals surface area contributed by atoms with E-state index in [0.29, 0.717) is 25.2 Å². The van der Waals surface area contributed by atoms with Crippen LogP contribution in [0, 0.1) is 0 Å². The van der Waals surface area contributed by atoms with Crippen molar-refractivity contribution in [3.05, 3.63) is 78.2 Å². The molecule has 8 heteroatoms. The highest BCUT2D eigenvalue weighted by Crippen LogP contribution is 2.21. The van der Waals surface area contributed by atoms with E-state index in [1.807, 2.05) is 24.3 Å². The van der Waals surface area contributed by atoms with E-state index in [1.54, 1.807) is 30.7 Å². The number of rotatable bonds is 6. The maximum Gasteiger partial charge on any atom is 0.251 e. The van der Waals surface area contributed by atoms with Gasteiger partial charge in [-0.2, -0.15) is 4.31 Å². The van der Waals surface area contributed by atoms with Crippen molar-refractivity contribution in [1.29, 1.82) is 0 Å². The molecule has 1 aliphatic rings. The number of hydrogen-bond donors (Lipinski definition) is 1. The first kappa shape index (κ1) is 20.2. The maximum atomic E-state index is 12.6. The number of nitrogens with zero attached hydrogens (tertiary/aromatic N) is 3. The Hall–Kier alpha value is -3.10. The predicted octanol–water partition coefficient (Wildman–Crippen LogP) is 2.86. The molecule has 1 fully saturated rings. The smallest absolute Gasteiger partial charge is 0.251 e. The topological polar surface area (TPSA) is 92.3 Å². The largest absolute Gasteiger partial charge is 0.348 e. The lowest BCUT2D eigenvalue weighted by atomic mass is 10.1. The van der Waals surface area contributed by atoms with Crippen LogP contribution in [0.15, 0.2) is 72.0 Å². The van der Waals surface area contributed by atoms with E-state index in [0.717, 1.165) is 29.7 Å². The number of benzene rings is 1. The number of carbonyl (C=O) groups is 1. The number of pyridine rings is 2. The third-order valence-electron chi connectivity index (χ3n) is 5.05. The summed E-state index contributed by atoms with van der Waals surface area (Å²) in [6.07, 6.45) is 6.91. The van der Waals surface area contributed by atoms with E-state index < -0.39 is 10.0 Å². The van der Waals surface area contributed by atoms with Crippen molar-refractivity contribution in [2.75, 3.05) is 13.1 Å². The molecule has 0 unspecified atom stereocenters. The van der Waals surface area contributed by atoms with Gasteiger partial charge in [-0.3, -0.25) is 14.8 Å². The zero-order valence-corrected chi connectivity index (χ0v) is 17.2. The van der Waals surface area contributed by atoms with Gasteiger partial charge >= 0.3 is 0 Å². The van der Waals surface area contributed by atoms with Gasteiger partial charge in [-0.15, -0.1) is 0 Å². The van der Waals surface area contributed by atoms with Crippen molar-refractivity contribution in [2.24, 2.45) is 0 Å². The standard InChI is InChI=1S/C22H22N4O3S/c27-22(18-5-7-20(8-6-18)30(28,29)26-12-1-2-13-26)25-15-17-9-11-24-21(14-17)19-4-3-10-23-16-19/h3-11,14,16H,1-2,12-13,15H2,(H,25,27). The Bertz CT molecular complexity index is 1130. The van der Waals surface area contributed by atoms with Gasteiger partial charge in [0, 0.05) is 49.4 Å². The maximum absolute atomic E-state index is 12.6. The summed E-state index contributed by atoms with van der Waals surface area (Å²) in [5.41, 5.74) is 3.01. The van der Waals surface area contributed by atoms with E-state index in [2.05, 4.69) is 15.3 Å². The monoisotopic (exact) mass is 422 g/mol.